The summed E-state index contributed by atoms with van der Waals surface area (Å²) in [5.74, 6) is -1.98. The molecule has 1 rings (SSSR count). The molecule has 0 aromatic carbocycles. The average Bonchev–Trinajstić information content (AvgIpc) is 2.03. The van der Waals surface area contributed by atoms with E-state index in [4.69, 9.17) is 0 Å². The lowest BCUT2D eigenvalue weighted by Crippen LogP contribution is -1.97. The Kier molecular flexibility index (Phi) is 2.09. The Bertz CT molecular complexity index is 340. The first-order valence-corrected chi connectivity index (χ1v) is 2.90. The van der Waals surface area contributed by atoms with Gasteiger partial charge in [-0.15, -0.1) is 0 Å². The zero-order valence-electron chi connectivity index (χ0n) is 5.73. The summed E-state index contributed by atoms with van der Waals surface area (Å²) in [5, 5.41) is 10.0. The molecule has 0 fully saturated rings. The summed E-state index contributed by atoms with van der Waals surface area (Å²) >= 11 is 0. The molecule has 62 valence electrons. The lowest BCUT2D eigenvalue weighted by molar-refractivity contribution is -0.392. The number of nitrogens with zero attached hydrogens (tertiary/aromatic N) is 2. The maximum atomic E-state index is 12.6. The second-order valence-corrected chi connectivity index (χ2v) is 1.95. The number of halogens is 1. The topological polar surface area (TPSA) is 73.1 Å². The van der Waals surface area contributed by atoms with Gasteiger partial charge in [-0.05, 0) is 16.0 Å². The predicted molar refractivity (Wildman–Crippen MR) is 36.2 cm³/mol. The molecule has 1 aromatic heterocycles. The van der Waals surface area contributed by atoms with Crippen LogP contribution in [-0.4, -0.2) is 16.2 Å². The second kappa shape index (κ2) is 3.04. The SMILES string of the molecule is O=Cc1cnc([N+](=O)[O-])c(F)c1. The van der Waals surface area contributed by atoms with Crippen LogP contribution < -0.4 is 0 Å². The zero-order valence-corrected chi connectivity index (χ0v) is 5.73. The molecule has 0 radical (unpaired) electrons. The van der Waals surface area contributed by atoms with Crippen molar-refractivity contribution in [2.24, 2.45) is 0 Å². The number of aromatic nitrogens is 1. The molecule has 1 heterocycles. The van der Waals surface area contributed by atoms with Crippen LogP contribution in [-0.2, 0) is 0 Å². The number of nitro groups is 1. The minimum atomic E-state index is -1.11. The van der Waals surface area contributed by atoms with Gasteiger partial charge in [-0.1, -0.05) is 0 Å². The highest BCUT2D eigenvalue weighted by Crippen LogP contribution is 2.12. The zero-order chi connectivity index (χ0) is 9.14. The van der Waals surface area contributed by atoms with Crippen LogP contribution in [0.3, 0.4) is 0 Å². The quantitative estimate of drug-likeness (QED) is 0.376. The highest BCUT2D eigenvalue weighted by molar-refractivity contribution is 5.74. The number of aldehydes is 1. The molecule has 0 N–H and O–H groups in total. The highest BCUT2D eigenvalue weighted by Gasteiger charge is 2.15. The smallest absolute Gasteiger partial charge is 0.358 e. The normalized spacial score (nSPS) is 9.42. The Balaban J connectivity index is 3.20. The van der Waals surface area contributed by atoms with Crippen molar-refractivity contribution in [1.29, 1.82) is 0 Å². The van der Waals surface area contributed by atoms with E-state index in [9.17, 15) is 19.3 Å². The predicted octanol–water partition coefficient (Wildman–Crippen LogP) is 0.941. The van der Waals surface area contributed by atoms with Crippen LogP contribution in [0.5, 0.6) is 0 Å². The fourth-order valence-electron chi connectivity index (χ4n) is 0.644. The number of rotatable bonds is 2. The van der Waals surface area contributed by atoms with Gasteiger partial charge in [0.1, 0.15) is 0 Å². The summed E-state index contributed by atoms with van der Waals surface area (Å²) in [7, 11) is 0. The van der Waals surface area contributed by atoms with Crippen LogP contribution >= 0.6 is 0 Å². The molecular weight excluding hydrogens is 167 g/mol. The monoisotopic (exact) mass is 170 g/mol. The van der Waals surface area contributed by atoms with E-state index in [0.29, 0.717) is 6.29 Å². The molecule has 0 bridgehead atoms. The lowest BCUT2D eigenvalue weighted by Gasteiger charge is -1.92. The molecule has 0 unspecified atom stereocenters. The molecule has 0 amide bonds. The van der Waals surface area contributed by atoms with E-state index < -0.39 is 16.6 Å². The second-order valence-electron chi connectivity index (χ2n) is 1.95. The van der Waals surface area contributed by atoms with Gasteiger partial charge in [-0.25, -0.2) is 0 Å². The average molecular weight is 170 g/mol. The van der Waals surface area contributed by atoms with Crippen LogP contribution in [0.15, 0.2) is 12.3 Å². The standard InChI is InChI=1S/C6H3FN2O3/c7-5-1-4(3-10)2-8-6(5)9(11)12/h1-3H. The largest absolute Gasteiger partial charge is 0.399 e. The minimum Gasteiger partial charge on any atom is -0.358 e. The van der Waals surface area contributed by atoms with E-state index in [2.05, 4.69) is 4.98 Å². The molecule has 0 aliphatic carbocycles. The fraction of sp³-hybridized carbons (Fsp3) is 0. The molecule has 12 heavy (non-hydrogen) atoms. The molecule has 0 saturated carbocycles. The van der Waals surface area contributed by atoms with Crippen LogP contribution in [0.2, 0.25) is 0 Å². The molecule has 0 saturated heterocycles. The number of carbonyl (C=O) groups is 1. The summed E-state index contributed by atoms with van der Waals surface area (Å²) in [5.41, 5.74) is -0.0295. The van der Waals surface area contributed by atoms with Gasteiger partial charge in [-0.2, -0.15) is 4.39 Å². The molecule has 0 spiro atoms. The molecule has 0 aliphatic heterocycles. The van der Waals surface area contributed by atoms with Gasteiger partial charge >= 0.3 is 5.82 Å². The van der Waals surface area contributed by atoms with E-state index in [1.54, 1.807) is 0 Å². The van der Waals surface area contributed by atoms with Crippen molar-refractivity contribution in [2.45, 2.75) is 0 Å². The van der Waals surface area contributed by atoms with Gasteiger partial charge in [-0.3, -0.25) is 4.79 Å². The van der Waals surface area contributed by atoms with Crippen LogP contribution in [0.1, 0.15) is 10.4 Å². The van der Waals surface area contributed by atoms with E-state index in [0.717, 1.165) is 12.3 Å². The van der Waals surface area contributed by atoms with Gasteiger partial charge < -0.3 is 10.1 Å². The lowest BCUT2D eigenvalue weighted by atomic mass is 10.3. The molecular formula is C6H3FN2O3. The van der Waals surface area contributed by atoms with Gasteiger partial charge in [0.15, 0.2) is 12.5 Å². The molecule has 0 aliphatic rings. The van der Waals surface area contributed by atoms with Crippen molar-refractivity contribution in [1.82, 2.24) is 4.98 Å². The molecule has 1 aromatic rings. The third-order valence-corrected chi connectivity index (χ3v) is 1.15. The molecule has 5 nitrogen and oxygen atoms in total. The summed E-state index contributed by atoms with van der Waals surface area (Å²) in [6.07, 6.45) is 1.30. The van der Waals surface area contributed by atoms with E-state index in [1.807, 2.05) is 0 Å². The van der Waals surface area contributed by atoms with Crippen molar-refractivity contribution in [3.63, 3.8) is 0 Å². The Labute approximate surface area is 66.0 Å². The van der Waals surface area contributed by atoms with Gasteiger partial charge in [0.25, 0.3) is 0 Å². The molecule has 6 heteroatoms. The first-order valence-electron chi connectivity index (χ1n) is 2.90. The van der Waals surface area contributed by atoms with Crippen molar-refractivity contribution >= 4 is 12.1 Å². The van der Waals surface area contributed by atoms with Crippen molar-refractivity contribution in [3.8, 4) is 0 Å². The molecule has 0 atom stereocenters. The minimum absolute atomic E-state index is 0.0295. The van der Waals surface area contributed by atoms with E-state index in [1.165, 1.54) is 0 Å². The van der Waals surface area contributed by atoms with Gasteiger partial charge in [0, 0.05) is 0 Å². The fourth-order valence-corrected chi connectivity index (χ4v) is 0.644. The third kappa shape index (κ3) is 1.42. The van der Waals surface area contributed by atoms with Crippen molar-refractivity contribution < 1.29 is 14.1 Å². The Morgan fingerprint density at radius 1 is 1.67 bits per heavy atom. The number of hydrogen-bond acceptors (Lipinski definition) is 4. The first kappa shape index (κ1) is 8.25. The number of hydrogen-bond donors (Lipinski definition) is 0. The van der Waals surface area contributed by atoms with Crippen molar-refractivity contribution in [3.05, 3.63) is 33.8 Å². The Hall–Kier alpha value is -1.85. The number of carbonyl (C=O) groups excluding carboxylic acids is 1. The van der Waals surface area contributed by atoms with E-state index in [-0.39, 0.29) is 5.56 Å². The van der Waals surface area contributed by atoms with E-state index >= 15 is 0 Å². The summed E-state index contributed by atoms with van der Waals surface area (Å²) in [4.78, 5) is 22.3. The Morgan fingerprint density at radius 3 is 2.75 bits per heavy atom. The Morgan fingerprint density at radius 2 is 2.33 bits per heavy atom. The maximum absolute atomic E-state index is 12.6. The summed E-state index contributed by atoms with van der Waals surface area (Å²) in [6.45, 7) is 0. The summed E-state index contributed by atoms with van der Waals surface area (Å²) in [6, 6.07) is 0.762. The first-order chi connectivity index (χ1) is 5.65. The maximum Gasteiger partial charge on any atom is 0.399 e. The van der Waals surface area contributed by atoms with Crippen molar-refractivity contribution in [2.75, 3.05) is 0 Å². The third-order valence-electron chi connectivity index (χ3n) is 1.15. The highest BCUT2D eigenvalue weighted by atomic mass is 19.1. The van der Waals surface area contributed by atoms with Crippen LogP contribution in [0.25, 0.3) is 0 Å². The van der Waals surface area contributed by atoms with Crippen LogP contribution in [0, 0.1) is 15.9 Å². The van der Waals surface area contributed by atoms with Crippen LogP contribution in [0.4, 0.5) is 10.2 Å². The number of pyridine rings is 1. The van der Waals surface area contributed by atoms with Gasteiger partial charge in [0.2, 0.25) is 5.82 Å². The summed E-state index contributed by atoms with van der Waals surface area (Å²) < 4.78 is 12.6. The van der Waals surface area contributed by atoms with Gasteiger partial charge in [0.05, 0.1) is 5.56 Å².